The molecule has 0 spiro atoms. The number of likely N-dealkylation sites (tertiary alicyclic amines) is 1. The number of hydrogen-bond donors (Lipinski definition) is 3. The predicted molar refractivity (Wildman–Crippen MR) is 154 cm³/mol. The van der Waals surface area contributed by atoms with E-state index in [1.165, 1.54) is 4.90 Å². The van der Waals surface area contributed by atoms with E-state index in [0.29, 0.717) is 39.0 Å². The smallest absolute Gasteiger partial charge is 0.246 e. The normalized spacial score (nSPS) is 21.9. The van der Waals surface area contributed by atoms with E-state index in [9.17, 15) is 19.5 Å². The molecule has 3 heterocycles. The molecule has 2 saturated heterocycles. The summed E-state index contributed by atoms with van der Waals surface area (Å²) in [5, 5.41) is 16.4. The van der Waals surface area contributed by atoms with Crippen LogP contribution in [-0.2, 0) is 25.7 Å². The van der Waals surface area contributed by atoms with E-state index in [1.54, 1.807) is 17.4 Å². The molecule has 4 atom stereocenters. The minimum Gasteiger partial charge on any atom is -0.391 e. The number of benzene rings is 1. The van der Waals surface area contributed by atoms with E-state index in [1.807, 2.05) is 50.5 Å². The molecule has 2 aliphatic rings. The van der Waals surface area contributed by atoms with Gasteiger partial charge in [-0.2, -0.15) is 0 Å². The van der Waals surface area contributed by atoms with E-state index >= 15 is 0 Å². The molecule has 3 N–H and O–H groups in total. The lowest BCUT2D eigenvalue weighted by Gasteiger charge is -2.38. The maximum Gasteiger partial charge on any atom is 0.246 e. The third-order valence-corrected chi connectivity index (χ3v) is 9.28. The molecular formula is C30H40N4O5S. The van der Waals surface area contributed by atoms with Gasteiger partial charge in [-0.15, -0.1) is 17.9 Å². The molecule has 9 nitrogen and oxygen atoms in total. The van der Waals surface area contributed by atoms with Crippen LogP contribution in [0.15, 0.2) is 42.4 Å². The highest BCUT2D eigenvalue weighted by atomic mass is 32.1. The van der Waals surface area contributed by atoms with Crippen LogP contribution < -0.4 is 10.6 Å². The summed E-state index contributed by atoms with van der Waals surface area (Å²) in [6, 6.07) is 6.18. The van der Waals surface area contributed by atoms with Crippen LogP contribution >= 0.6 is 11.3 Å². The number of hydrogen-bond acceptors (Lipinski definition) is 7. The number of aromatic nitrogens is 1. The number of β-amino-alcohol motifs (C(OH)–C–C–N with tert-alkyl or cyclic N) is 1. The molecule has 3 amide bonds. The van der Waals surface area contributed by atoms with Gasteiger partial charge >= 0.3 is 0 Å². The molecule has 1 aromatic carbocycles. The molecule has 4 rings (SSSR count). The van der Waals surface area contributed by atoms with Gasteiger partial charge in [-0.05, 0) is 37.3 Å². The first-order valence-corrected chi connectivity index (χ1v) is 14.8. The summed E-state index contributed by atoms with van der Waals surface area (Å²) in [6.07, 6.45) is 2.76. The maximum atomic E-state index is 14.0. The summed E-state index contributed by atoms with van der Waals surface area (Å²) in [5.41, 5.74) is 4.06. The van der Waals surface area contributed by atoms with Gasteiger partial charge in [0.25, 0.3) is 0 Å². The van der Waals surface area contributed by atoms with Crippen molar-refractivity contribution in [1.82, 2.24) is 20.5 Å². The monoisotopic (exact) mass is 568 g/mol. The van der Waals surface area contributed by atoms with Crippen LogP contribution in [0.2, 0.25) is 0 Å². The third kappa shape index (κ3) is 6.62. The van der Waals surface area contributed by atoms with Gasteiger partial charge in [-0.1, -0.05) is 44.2 Å². The van der Waals surface area contributed by atoms with E-state index < -0.39 is 23.6 Å². The van der Waals surface area contributed by atoms with Crippen LogP contribution in [-0.4, -0.2) is 70.7 Å². The van der Waals surface area contributed by atoms with Crippen molar-refractivity contribution in [2.24, 2.45) is 11.3 Å². The van der Waals surface area contributed by atoms with Crippen molar-refractivity contribution in [2.75, 3.05) is 19.8 Å². The Morgan fingerprint density at radius 2 is 1.95 bits per heavy atom. The molecule has 1 unspecified atom stereocenters. The van der Waals surface area contributed by atoms with Gasteiger partial charge in [0.2, 0.25) is 17.7 Å². The number of aryl methyl sites for hydroxylation is 1. The number of rotatable bonds is 10. The average Bonchev–Trinajstić information content (AvgIpc) is 3.59. The maximum absolute atomic E-state index is 14.0. The second-order valence-electron chi connectivity index (χ2n) is 11.0. The zero-order chi connectivity index (χ0) is 28.9. The summed E-state index contributed by atoms with van der Waals surface area (Å²) < 4.78 is 5.38. The summed E-state index contributed by atoms with van der Waals surface area (Å²) in [5.74, 6) is -1.14. The average molecular weight is 569 g/mol. The largest absolute Gasteiger partial charge is 0.391 e. The fraction of sp³-hybridized carbons (Fsp3) is 0.533. The summed E-state index contributed by atoms with van der Waals surface area (Å²) in [4.78, 5) is 47.3. The van der Waals surface area contributed by atoms with Crippen molar-refractivity contribution in [3.8, 4) is 10.4 Å². The second-order valence-corrected chi connectivity index (χ2v) is 11.8. The van der Waals surface area contributed by atoms with Crippen LogP contribution in [0, 0.1) is 18.3 Å². The van der Waals surface area contributed by atoms with Crippen molar-refractivity contribution >= 4 is 29.1 Å². The number of carbonyl (C=O) groups excluding carboxylic acids is 3. The number of ether oxygens (including phenoxy) is 1. The highest BCUT2D eigenvalue weighted by Gasteiger charge is 2.46. The van der Waals surface area contributed by atoms with Crippen molar-refractivity contribution in [1.29, 1.82) is 0 Å². The lowest BCUT2D eigenvalue weighted by atomic mass is 9.78. The minimum absolute atomic E-state index is 0.0282. The van der Waals surface area contributed by atoms with Crippen molar-refractivity contribution in [2.45, 2.75) is 71.2 Å². The fourth-order valence-corrected chi connectivity index (χ4v) is 6.14. The molecule has 1 aromatic heterocycles. The standard InChI is InChI=1S/C30H40N4O5S/c1-5-30(4,6-2)26(33-27(36)22-11-13-39-14-12-22)29(38)34-17-23(35)15-24(34)28(37)31-16-20-7-9-21(10-8-20)25-19(3)32-18-40-25/h5,7-10,18,22-24,26,35H,1,6,11-17H2,2-4H3,(H,31,37)(H,33,36)/t23-,24+,26-,30?/m1/s1. The molecule has 0 aliphatic carbocycles. The van der Waals surface area contributed by atoms with Gasteiger partial charge in [0, 0.05) is 44.1 Å². The van der Waals surface area contributed by atoms with Crippen molar-refractivity contribution in [3.63, 3.8) is 0 Å². The van der Waals surface area contributed by atoms with Crippen molar-refractivity contribution < 1.29 is 24.2 Å². The van der Waals surface area contributed by atoms with Crippen LogP contribution in [0.1, 0.15) is 50.8 Å². The Labute approximate surface area is 240 Å². The lowest BCUT2D eigenvalue weighted by Crippen LogP contribution is -2.59. The van der Waals surface area contributed by atoms with Gasteiger partial charge < -0.3 is 25.4 Å². The van der Waals surface area contributed by atoms with Crippen LogP contribution in [0.3, 0.4) is 0 Å². The highest BCUT2D eigenvalue weighted by Crippen LogP contribution is 2.32. The first-order valence-electron chi connectivity index (χ1n) is 13.9. The Hall–Kier alpha value is -3.08. The van der Waals surface area contributed by atoms with E-state index in [2.05, 4.69) is 22.2 Å². The quantitative estimate of drug-likeness (QED) is 0.379. The van der Waals surface area contributed by atoms with Crippen LogP contribution in [0.5, 0.6) is 0 Å². The molecule has 2 aliphatic heterocycles. The first kappa shape index (κ1) is 29.9. The molecule has 2 aromatic rings. The summed E-state index contributed by atoms with van der Waals surface area (Å²) in [6.45, 7) is 11.1. The van der Waals surface area contributed by atoms with Gasteiger partial charge in [0.1, 0.15) is 12.1 Å². The summed E-state index contributed by atoms with van der Waals surface area (Å²) >= 11 is 1.59. The Kier molecular flexibility index (Phi) is 9.76. The summed E-state index contributed by atoms with van der Waals surface area (Å²) in [7, 11) is 0. The number of amides is 3. The zero-order valence-electron chi connectivity index (χ0n) is 23.5. The topological polar surface area (TPSA) is 121 Å². The Morgan fingerprint density at radius 3 is 2.55 bits per heavy atom. The number of carbonyl (C=O) groups is 3. The van der Waals surface area contributed by atoms with Gasteiger partial charge in [0.15, 0.2) is 0 Å². The van der Waals surface area contributed by atoms with Gasteiger partial charge in [-0.25, -0.2) is 4.98 Å². The molecule has 0 saturated carbocycles. The van der Waals surface area contributed by atoms with Crippen LogP contribution in [0.25, 0.3) is 10.4 Å². The molecule has 2 fully saturated rings. The molecule has 0 radical (unpaired) electrons. The minimum atomic E-state index is -0.909. The molecule has 40 heavy (non-hydrogen) atoms. The Balaban J connectivity index is 1.45. The Morgan fingerprint density at radius 1 is 1.25 bits per heavy atom. The van der Waals surface area contributed by atoms with E-state index in [-0.39, 0.29) is 36.6 Å². The second kappa shape index (κ2) is 13.1. The zero-order valence-corrected chi connectivity index (χ0v) is 24.3. The Bertz CT molecular complexity index is 1210. The predicted octanol–water partition coefficient (Wildman–Crippen LogP) is 3.21. The molecule has 0 bridgehead atoms. The molecule has 216 valence electrons. The van der Waals surface area contributed by atoms with Crippen molar-refractivity contribution in [3.05, 3.63) is 53.7 Å². The highest BCUT2D eigenvalue weighted by molar-refractivity contribution is 7.13. The van der Waals surface area contributed by atoms with Gasteiger partial charge in [0.05, 0.1) is 22.2 Å². The fourth-order valence-electron chi connectivity index (χ4n) is 5.33. The van der Waals surface area contributed by atoms with Gasteiger partial charge in [-0.3, -0.25) is 14.4 Å². The number of nitrogens with zero attached hydrogens (tertiary/aromatic N) is 2. The number of aliphatic hydroxyl groups excluding tert-OH is 1. The number of thiazole rings is 1. The molecular weight excluding hydrogens is 528 g/mol. The lowest BCUT2D eigenvalue weighted by molar-refractivity contribution is -0.144. The SMILES string of the molecule is C=CC(C)(CC)[C@H](NC(=O)C1CCOCC1)C(=O)N1C[C@H](O)C[C@H]1C(=O)NCc1ccc(-c2scnc2C)cc1. The number of aliphatic hydroxyl groups is 1. The van der Waals surface area contributed by atoms with E-state index in [0.717, 1.165) is 21.7 Å². The number of nitrogens with one attached hydrogen (secondary N) is 2. The van der Waals surface area contributed by atoms with E-state index in [4.69, 9.17) is 4.74 Å². The molecule has 10 heteroatoms. The third-order valence-electron chi connectivity index (χ3n) is 8.31. The first-order chi connectivity index (χ1) is 19.2. The van der Waals surface area contributed by atoms with Crippen LogP contribution in [0.4, 0.5) is 0 Å².